The first kappa shape index (κ1) is 15.5. The first-order valence-corrected chi connectivity index (χ1v) is 7.32. The van der Waals surface area contributed by atoms with Crippen molar-refractivity contribution in [3.8, 4) is 0 Å². The van der Waals surface area contributed by atoms with Gasteiger partial charge in [-0.15, -0.1) is 0 Å². The molecule has 0 unspecified atom stereocenters. The van der Waals surface area contributed by atoms with Crippen LogP contribution in [0.5, 0.6) is 0 Å². The molecular formula is C15H30N2O. The van der Waals surface area contributed by atoms with E-state index < -0.39 is 0 Å². The van der Waals surface area contributed by atoms with Crippen LogP contribution in [0.1, 0.15) is 59.8 Å². The zero-order valence-corrected chi connectivity index (χ0v) is 12.5. The number of carbonyl (C=O) groups is 1. The van der Waals surface area contributed by atoms with E-state index in [4.69, 9.17) is 5.73 Å². The minimum atomic E-state index is 0.175. The van der Waals surface area contributed by atoms with Crippen molar-refractivity contribution in [2.24, 2.45) is 23.0 Å². The van der Waals surface area contributed by atoms with Gasteiger partial charge in [0.05, 0.1) is 0 Å². The molecule has 2 atom stereocenters. The molecule has 0 aromatic carbocycles. The maximum absolute atomic E-state index is 11.9. The lowest BCUT2D eigenvalue weighted by Gasteiger charge is -2.27. The number of carbonyl (C=O) groups excluding carboxylic acids is 1. The number of rotatable bonds is 6. The molecule has 1 fully saturated rings. The first-order chi connectivity index (χ1) is 8.30. The van der Waals surface area contributed by atoms with E-state index in [2.05, 4.69) is 33.0 Å². The molecule has 0 aliphatic heterocycles. The summed E-state index contributed by atoms with van der Waals surface area (Å²) in [5.74, 6) is 1.24. The topological polar surface area (TPSA) is 55.1 Å². The Morgan fingerprint density at radius 2 is 2.06 bits per heavy atom. The molecule has 3 nitrogen and oxygen atoms in total. The third-order valence-electron chi connectivity index (χ3n) is 3.89. The smallest absolute Gasteiger partial charge is 0.220 e. The molecule has 0 spiro atoms. The summed E-state index contributed by atoms with van der Waals surface area (Å²) < 4.78 is 0. The Morgan fingerprint density at radius 1 is 1.39 bits per heavy atom. The van der Waals surface area contributed by atoms with Crippen LogP contribution in [0, 0.1) is 17.3 Å². The number of hydrogen-bond donors (Lipinski definition) is 2. The van der Waals surface area contributed by atoms with Gasteiger partial charge in [0.2, 0.25) is 5.91 Å². The van der Waals surface area contributed by atoms with Crippen molar-refractivity contribution >= 4 is 5.91 Å². The normalized spacial score (nSPS) is 24.6. The van der Waals surface area contributed by atoms with Gasteiger partial charge in [0.25, 0.3) is 0 Å². The third kappa shape index (κ3) is 5.38. The van der Waals surface area contributed by atoms with Gasteiger partial charge in [0, 0.05) is 19.0 Å². The Balaban J connectivity index is 2.28. The second-order valence-corrected chi connectivity index (χ2v) is 7.10. The van der Waals surface area contributed by atoms with Crippen LogP contribution in [0.2, 0.25) is 0 Å². The van der Waals surface area contributed by atoms with Crippen molar-refractivity contribution in [1.82, 2.24) is 5.32 Å². The van der Waals surface area contributed by atoms with E-state index in [1.165, 1.54) is 6.42 Å². The molecule has 1 rings (SSSR count). The van der Waals surface area contributed by atoms with Gasteiger partial charge in [0.1, 0.15) is 0 Å². The molecule has 1 amide bonds. The Labute approximate surface area is 112 Å². The molecule has 0 aromatic heterocycles. The molecule has 0 heterocycles. The maximum Gasteiger partial charge on any atom is 0.220 e. The van der Waals surface area contributed by atoms with Crippen molar-refractivity contribution in [3.05, 3.63) is 0 Å². The fourth-order valence-corrected chi connectivity index (χ4v) is 3.14. The molecule has 3 N–H and O–H groups in total. The van der Waals surface area contributed by atoms with Gasteiger partial charge in [-0.1, -0.05) is 34.1 Å². The van der Waals surface area contributed by atoms with Crippen LogP contribution in [-0.4, -0.2) is 18.5 Å². The first-order valence-electron chi connectivity index (χ1n) is 7.32. The summed E-state index contributed by atoms with van der Waals surface area (Å²) in [6, 6.07) is 0.236. The van der Waals surface area contributed by atoms with Crippen LogP contribution in [-0.2, 0) is 4.79 Å². The van der Waals surface area contributed by atoms with E-state index in [0.29, 0.717) is 18.3 Å². The molecule has 0 aromatic rings. The second kappa shape index (κ2) is 6.55. The van der Waals surface area contributed by atoms with Gasteiger partial charge in [-0.2, -0.15) is 0 Å². The van der Waals surface area contributed by atoms with Crippen LogP contribution >= 0.6 is 0 Å². The largest absolute Gasteiger partial charge is 0.356 e. The highest BCUT2D eigenvalue weighted by Gasteiger charge is 2.27. The van der Waals surface area contributed by atoms with Gasteiger partial charge in [0.15, 0.2) is 0 Å². The maximum atomic E-state index is 11.9. The zero-order valence-electron chi connectivity index (χ0n) is 12.5. The monoisotopic (exact) mass is 254 g/mol. The van der Waals surface area contributed by atoms with Crippen LogP contribution in [0.4, 0.5) is 0 Å². The predicted octanol–water partition coefficient (Wildman–Crippen LogP) is 2.69. The highest BCUT2D eigenvalue weighted by atomic mass is 16.1. The Hall–Kier alpha value is -0.570. The summed E-state index contributed by atoms with van der Waals surface area (Å²) in [4.78, 5) is 11.9. The van der Waals surface area contributed by atoms with E-state index in [1.807, 2.05) is 0 Å². The summed E-state index contributed by atoms with van der Waals surface area (Å²) >= 11 is 0. The fourth-order valence-electron chi connectivity index (χ4n) is 3.14. The second-order valence-electron chi connectivity index (χ2n) is 7.10. The average Bonchev–Trinajstić information content (AvgIpc) is 2.60. The number of nitrogens with two attached hydrogens (primary N) is 1. The summed E-state index contributed by atoms with van der Waals surface area (Å²) in [6.45, 7) is 9.65. The molecule has 1 aliphatic carbocycles. The SMILES string of the molecule is CC(C)CC(C)(C)CNC(=O)C[C@@H]1CCC[C@H]1N. The molecule has 106 valence electrons. The van der Waals surface area contributed by atoms with Crippen molar-refractivity contribution < 1.29 is 4.79 Å². The number of hydrogen-bond acceptors (Lipinski definition) is 2. The molecule has 0 saturated heterocycles. The van der Waals surface area contributed by atoms with Gasteiger partial charge in [-0.25, -0.2) is 0 Å². The van der Waals surface area contributed by atoms with Gasteiger partial charge >= 0.3 is 0 Å². The quantitative estimate of drug-likeness (QED) is 0.765. The lowest BCUT2D eigenvalue weighted by molar-refractivity contribution is -0.122. The van der Waals surface area contributed by atoms with E-state index in [-0.39, 0.29) is 17.4 Å². The molecule has 0 radical (unpaired) electrons. The van der Waals surface area contributed by atoms with E-state index in [9.17, 15) is 4.79 Å². The van der Waals surface area contributed by atoms with Gasteiger partial charge in [-0.3, -0.25) is 4.79 Å². The third-order valence-corrected chi connectivity index (χ3v) is 3.89. The number of amides is 1. The summed E-state index contributed by atoms with van der Waals surface area (Å²) in [5, 5.41) is 3.08. The summed E-state index contributed by atoms with van der Waals surface area (Å²) in [7, 11) is 0. The van der Waals surface area contributed by atoms with Crippen LogP contribution in [0.25, 0.3) is 0 Å². The molecule has 0 bridgehead atoms. The molecule has 18 heavy (non-hydrogen) atoms. The van der Waals surface area contributed by atoms with Gasteiger partial charge in [-0.05, 0) is 36.5 Å². The average molecular weight is 254 g/mol. The highest BCUT2D eigenvalue weighted by molar-refractivity contribution is 5.76. The molecule has 3 heteroatoms. The predicted molar refractivity (Wildman–Crippen MR) is 76.2 cm³/mol. The van der Waals surface area contributed by atoms with E-state index >= 15 is 0 Å². The lowest BCUT2D eigenvalue weighted by atomic mass is 9.84. The van der Waals surface area contributed by atoms with Crippen molar-refractivity contribution in [2.75, 3.05) is 6.54 Å². The Bertz CT molecular complexity index is 274. The fraction of sp³-hybridized carbons (Fsp3) is 0.933. The minimum absolute atomic E-state index is 0.175. The van der Waals surface area contributed by atoms with E-state index in [1.54, 1.807) is 0 Å². The molecule has 1 aliphatic rings. The lowest BCUT2D eigenvalue weighted by Crippen LogP contribution is -2.37. The van der Waals surface area contributed by atoms with Crippen molar-refractivity contribution in [1.29, 1.82) is 0 Å². The van der Waals surface area contributed by atoms with Crippen LogP contribution in [0.15, 0.2) is 0 Å². The van der Waals surface area contributed by atoms with Crippen molar-refractivity contribution in [3.63, 3.8) is 0 Å². The standard InChI is InChI=1S/C15H30N2O/c1-11(2)9-15(3,4)10-17-14(18)8-12-6-5-7-13(12)16/h11-13H,5-10,16H2,1-4H3,(H,17,18)/t12-,13+/m0/s1. The number of nitrogens with one attached hydrogen (secondary N) is 1. The summed E-state index contributed by atoms with van der Waals surface area (Å²) in [6.07, 6.45) is 5.12. The summed E-state index contributed by atoms with van der Waals surface area (Å²) in [5.41, 5.74) is 6.18. The van der Waals surface area contributed by atoms with Crippen molar-refractivity contribution in [2.45, 2.75) is 65.8 Å². The molecular weight excluding hydrogens is 224 g/mol. The highest BCUT2D eigenvalue weighted by Crippen LogP contribution is 2.27. The Morgan fingerprint density at radius 3 is 2.56 bits per heavy atom. The minimum Gasteiger partial charge on any atom is -0.356 e. The zero-order chi connectivity index (χ0) is 13.8. The van der Waals surface area contributed by atoms with Gasteiger partial charge < -0.3 is 11.1 Å². The molecule has 1 saturated carbocycles. The van der Waals surface area contributed by atoms with Crippen LogP contribution in [0.3, 0.4) is 0 Å². The Kier molecular flexibility index (Phi) is 5.64. The van der Waals surface area contributed by atoms with Crippen LogP contribution < -0.4 is 11.1 Å². The van der Waals surface area contributed by atoms with E-state index in [0.717, 1.165) is 25.8 Å².